The number of aromatic nitrogens is 2. The van der Waals surface area contributed by atoms with Crippen LogP contribution in [0.1, 0.15) is 40.0 Å². The molecule has 0 unspecified atom stereocenters. The van der Waals surface area contributed by atoms with E-state index in [1.165, 1.54) is 12.8 Å². The molecule has 134 valence electrons. The number of fused-ring (bicyclic) bond motifs is 3. The zero-order valence-electron chi connectivity index (χ0n) is 15.6. The molecule has 25 heavy (non-hydrogen) atoms. The number of hydrogen-bond donors (Lipinski definition) is 0. The van der Waals surface area contributed by atoms with Crippen LogP contribution in [-0.2, 0) is 11.8 Å². The highest BCUT2D eigenvalue weighted by molar-refractivity contribution is 7.99. The molecule has 0 radical (unpaired) electrons. The molecular formula is C20H27N3OS. The Bertz CT molecular complexity index is 827. The standard InChI is InChI=1S/C20H27N3OS/c1-19(2)9-14-10-20(3,12-19)13-23(14)17(24)11-25-18-21-15-7-5-6-8-16(15)22(18)4/h5-8,14H,9-13H2,1-4H3/t14-,20+/m1/s1. The number of hydrogen-bond acceptors (Lipinski definition) is 3. The van der Waals surface area contributed by atoms with Crippen LogP contribution in [0.15, 0.2) is 29.4 Å². The number of rotatable bonds is 3. The fraction of sp³-hybridized carbons (Fsp3) is 0.600. The van der Waals surface area contributed by atoms with Gasteiger partial charge in [0.25, 0.3) is 0 Å². The van der Waals surface area contributed by atoms with Gasteiger partial charge in [0.05, 0.1) is 16.8 Å². The van der Waals surface area contributed by atoms with E-state index >= 15 is 0 Å². The first-order valence-corrected chi connectivity index (χ1v) is 10.1. The average molecular weight is 358 g/mol. The van der Waals surface area contributed by atoms with Crippen molar-refractivity contribution in [3.8, 4) is 0 Å². The highest BCUT2D eigenvalue weighted by Crippen LogP contribution is 2.52. The van der Waals surface area contributed by atoms with Gasteiger partial charge in [-0.3, -0.25) is 4.79 Å². The third kappa shape index (κ3) is 3.07. The molecule has 2 aliphatic rings. The van der Waals surface area contributed by atoms with Gasteiger partial charge in [-0.2, -0.15) is 0 Å². The van der Waals surface area contributed by atoms with Crippen LogP contribution in [0, 0.1) is 10.8 Å². The molecule has 1 amide bonds. The summed E-state index contributed by atoms with van der Waals surface area (Å²) in [5.41, 5.74) is 2.75. The zero-order chi connectivity index (χ0) is 17.8. The molecule has 4 nitrogen and oxygen atoms in total. The SMILES string of the molecule is Cn1c(SCC(=O)N2C[C@@]3(C)C[C@H]2CC(C)(C)C3)nc2ccccc21. The maximum atomic E-state index is 12.9. The smallest absolute Gasteiger partial charge is 0.233 e. The third-order valence-corrected chi connectivity index (χ3v) is 6.82. The molecule has 1 aromatic heterocycles. The summed E-state index contributed by atoms with van der Waals surface area (Å²) in [6.45, 7) is 7.97. The quantitative estimate of drug-likeness (QED) is 0.777. The van der Waals surface area contributed by atoms with E-state index < -0.39 is 0 Å². The van der Waals surface area contributed by atoms with Crippen molar-refractivity contribution in [1.82, 2.24) is 14.5 Å². The number of aryl methyl sites for hydroxylation is 1. The lowest BCUT2D eigenvalue weighted by Gasteiger charge is -2.39. The molecule has 1 saturated heterocycles. The number of carbonyl (C=O) groups excluding carboxylic acids is 1. The van der Waals surface area contributed by atoms with Gasteiger partial charge in [-0.15, -0.1) is 0 Å². The van der Waals surface area contributed by atoms with Crippen LogP contribution in [0.5, 0.6) is 0 Å². The minimum atomic E-state index is 0.267. The summed E-state index contributed by atoms with van der Waals surface area (Å²) in [5, 5.41) is 0.920. The topological polar surface area (TPSA) is 38.1 Å². The largest absolute Gasteiger partial charge is 0.338 e. The summed E-state index contributed by atoms with van der Waals surface area (Å²) in [5.74, 6) is 0.743. The van der Waals surface area contributed by atoms with Crippen LogP contribution >= 0.6 is 11.8 Å². The van der Waals surface area contributed by atoms with Crippen molar-refractivity contribution in [2.75, 3.05) is 12.3 Å². The Hall–Kier alpha value is -1.49. The van der Waals surface area contributed by atoms with E-state index in [1.54, 1.807) is 11.8 Å². The number of amides is 1. The number of nitrogens with zero attached hydrogens (tertiary/aromatic N) is 3. The fourth-order valence-electron chi connectivity index (χ4n) is 5.21. The Morgan fingerprint density at radius 2 is 2.04 bits per heavy atom. The highest BCUT2D eigenvalue weighted by atomic mass is 32.2. The van der Waals surface area contributed by atoms with Crippen molar-refractivity contribution in [3.63, 3.8) is 0 Å². The first kappa shape index (κ1) is 17.0. The van der Waals surface area contributed by atoms with Gasteiger partial charge in [-0.25, -0.2) is 4.98 Å². The van der Waals surface area contributed by atoms with E-state index in [-0.39, 0.29) is 5.91 Å². The lowest BCUT2D eigenvalue weighted by Crippen LogP contribution is -2.38. The van der Waals surface area contributed by atoms with E-state index in [0.717, 1.165) is 29.2 Å². The third-order valence-electron chi connectivity index (χ3n) is 5.81. The van der Waals surface area contributed by atoms with E-state index in [9.17, 15) is 4.79 Å². The second kappa shape index (κ2) is 5.76. The Kier molecular flexibility index (Phi) is 3.91. The second-order valence-electron chi connectivity index (χ2n) is 8.97. The van der Waals surface area contributed by atoms with E-state index in [4.69, 9.17) is 0 Å². The molecule has 2 heterocycles. The molecular weight excluding hydrogens is 330 g/mol. The molecule has 2 aromatic rings. The Balaban J connectivity index is 1.47. The maximum absolute atomic E-state index is 12.9. The molecule has 2 bridgehead atoms. The number of carbonyl (C=O) groups is 1. The van der Waals surface area contributed by atoms with Gasteiger partial charge in [0, 0.05) is 19.6 Å². The van der Waals surface area contributed by atoms with Gasteiger partial charge in [-0.1, -0.05) is 44.7 Å². The summed E-state index contributed by atoms with van der Waals surface area (Å²) in [6, 6.07) is 8.54. The summed E-state index contributed by atoms with van der Waals surface area (Å²) in [6.07, 6.45) is 3.52. The highest BCUT2D eigenvalue weighted by Gasteiger charge is 2.50. The number of likely N-dealkylation sites (tertiary alicyclic amines) is 1. The lowest BCUT2D eigenvalue weighted by molar-refractivity contribution is -0.129. The van der Waals surface area contributed by atoms with Crippen LogP contribution in [0.25, 0.3) is 11.0 Å². The van der Waals surface area contributed by atoms with Gasteiger partial charge in [0.2, 0.25) is 5.91 Å². The second-order valence-corrected chi connectivity index (χ2v) is 9.91. The lowest BCUT2D eigenvalue weighted by atomic mass is 9.65. The van der Waals surface area contributed by atoms with Gasteiger partial charge in [0.1, 0.15) is 0 Å². The van der Waals surface area contributed by atoms with Crippen LogP contribution in [0.4, 0.5) is 0 Å². The Morgan fingerprint density at radius 1 is 1.28 bits per heavy atom. The molecule has 1 aliphatic carbocycles. The summed E-state index contributed by atoms with van der Waals surface area (Å²) >= 11 is 1.56. The number of benzene rings is 1. The van der Waals surface area contributed by atoms with Crippen molar-refractivity contribution in [2.45, 2.75) is 51.2 Å². The maximum Gasteiger partial charge on any atom is 0.233 e. The molecule has 1 aromatic carbocycles. The monoisotopic (exact) mass is 357 g/mol. The Morgan fingerprint density at radius 3 is 2.80 bits per heavy atom. The van der Waals surface area contributed by atoms with Gasteiger partial charge < -0.3 is 9.47 Å². The average Bonchev–Trinajstić information content (AvgIpc) is 2.98. The molecule has 5 heteroatoms. The van der Waals surface area contributed by atoms with E-state index in [2.05, 4.69) is 41.3 Å². The minimum Gasteiger partial charge on any atom is -0.338 e. The molecule has 2 fully saturated rings. The normalized spacial score (nSPS) is 27.8. The summed E-state index contributed by atoms with van der Waals surface area (Å²) in [4.78, 5) is 19.7. The zero-order valence-corrected chi connectivity index (χ0v) is 16.4. The van der Waals surface area contributed by atoms with Crippen LogP contribution in [-0.4, -0.2) is 38.7 Å². The van der Waals surface area contributed by atoms with Crippen LogP contribution in [0.2, 0.25) is 0 Å². The number of imidazole rings is 1. The molecule has 4 rings (SSSR count). The molecule has 1 saturated carbocycles. The van der Waals surface area contributed by atoms with Crippen LogP contribution < -0.4 is 0 Å². The number of para-hydroxylation sites is 2. The van der Waals surface area contributed by atoms with E-state index in [0.29, 0.717) is 22.6 Å². The van der Waals surface area contributed by atoms with E-state index in [1.807, 2.05) is 25.2 Å². The van der Waals surface area contributed by atoms with Crippen molar-refractivity contribution in [2.24, 2.45) is 17.9 Å². The molecule has 0 N–H and O–H groups in total. The molecule has 0 spiro atoms. The Labute approximate surface area is 154 Å². The van der Waals surface area contributed by atoms with Gasteiger partial charge >= 0.3 is 0 Å². The number of thioether (sulfide) groups is 1. The van der Waals surface area contributed by atoms with Gasteiger partial charge in [0.15, 0.2) is 5.16 Å². The van der Waals surface area contributed by atoms with Crippen molar-refractivity contribution >= 4 is 28.7 Å². The van der Waals surface area contributed by atoms with Gasteiger partial charge in [-0.05, 0) is 42.2 Å². The summed E-state index contributed by atoms with van der Waals surface area (Å²) in [7, 11) is 2.02. The first-order valence-electron chi connectivity index (χ1n) is 9.10. The van der Waals surface area contributed by atoms with Crippen molar-refractivity contribution in [3.05, 3.63) is 24.3 Å². The predicted octanol–water partition coefficient (Wildman–Crippen LogP) is 4.09. The van der Waals surface area contributed by atoms with Crippen molar-refractivity contribution < 1.29 is 4.79 Å². The van der Waals surface area contributed by atoms with Crippen molar-refractivity contribution in [1.29, 1.82) is 0 Å². The minimum absolute atomic E-state index is 0.267. The summed E-state index contributed by atoms with van der Waals surface area (Å²) < 4.78 is 2.08. The molecule has 2 atom stereocenters. The molecule has 1 aliphatic heterocycles. The predicted molar refractivity (Wildman–Crippen MR) is 103 cm³/mol. The first-order chi connectivity index (χ1) is 11.8. The van der Waals surface area contributed by atoms with Crippen LogP contribution in [0.3, 0.4) is 0 Å². The fourth-order valence-corrected chi connectivity index (χ4v) is 6.09.